The Labute approximate surface area is 104 Å². The van der Waals surface area contributed by atoms with Crippen molar-refractivity contribution in [3.63, 3.8) is 0 Å². The lowest BCUT2D eigenvalue weighted by molar-refractivity contribution is -0.151. The largest absolute Gasteiger partial charge is 0.479 e. The Morgan fingerprint density at radius 2 is 2.06 bits per heavy atom. The number of aliphatic carboxylic acids is 1. The molecular formula is C11H17NO4S. The first-order chi connectivity index (χ1) is 8.06. The van der Waals surface area contributed by atoms with E-state index in [1.807, 2.05) is 6.26 Å². The van der Waals surface area contributed by atoms with Gasteiger partial charge >= 0.3 is 5.97 Å². The summed E-state index contributed by atoms with van der Waals surface area (Å²) in [7, 11) is 0. The molecule has 2 N–H and O–H groups in total. The predicted octanol–water partition coefficient (Wildman–Crippen LogP) is 0.630. The minimum atomic E-state index is -0.983. The van der Waals surface area contributed by atoms with Gasteiger partial charge in [-0.25, -0.2) is 4.79 Å². The second-order valence-electron chi connectivity index (χ2n) is 4.63. The van der Waals surface area contributed by atoms with Crippen LogP contribution in [0, 0.1) is 0 Å². The van der Waals surface area contributed by atoms with E-state index in [2.05, 4.69) is 5.32 Å². The Bertz CT molecular complexity index is 329. The summed E-state index contributed by atoms with van der Waals surface area (Å²) >= 11 is 1.78. The highest BCUT2D eigenvalue weighted by molar-refractivity contribution is 8.00. The summed E-state index contributed by atoms with van der Waals surface area (Å²) in [5.41, 5.74) is 0. The maximum absolute atomic E-state index is 11.8. The Balaban J connectivity index is 1.76. The summed E-state index contributed by atoms with van der Waals surface area (Å²) in [6.07, 6.45) is 3.83. The second kappa shape index (κ2) is 4.86. The van der Waals surface area contributed by atoms with Gasteiger partial charge in [-0.2, -0.15) is 11.8 Å². The average Bonchev–Trinajstić information content (AvgIpc) is 2.92. The summed E-state index contributed by atoms with van der Waals surface area (Å²) in [6, 6.07) is 0. The zero-order valence-electron chi connectivity index (χ0n) is 9.77. The number of amides is 1. The molecule has 96 valence electrons. The van der Waals surface area contributed by atoms with Crippen LogP contribution < -0.4 is 5.32 Å². The Hall–Kier alpha value is -0.750. The second-order valence-corrected chi connectivity index (χ2v) is 5.91. The van der Waals surface area contributed by atoms with E-state index < -0.39 is 18.2 Å². The molecule has 2 fully saturated rings. The van der Waals surface area contributed by atoms with Gasteiger partial charge < -0.3 is 15.2 Å². The van der Waals surface area contributed by atoms with Crippen LogP contribution in [0.5, 0.6) is 0 Å². The van der Waals surface area contributed by atoms with Gasteiger partial charge in [0.25, 0.3) is 0 Å². The van der Waals surface area contributed by atoms with Crippen LogP contribution in [0.4, 0.5) is 0 Å². The quantitative estimate of drug-likeness (QED) is 0.757. The number of carbonyl (C=O) groups is 2. The zero-order chi connectivity index (χ0) is 12.5. The predicted molar refractivity (Wildman–Crippen MR) is 64.0 cm³/mol. The molecular weight excluding hydrogens is 242 g/mol. The molecule has 1 heterocycles. The fourth-order valence-corrected chi connectivity index (χ4v) is 2.69. The minimum absolute atomic E-state index is 0.172. The normalized spacial score (nSPS) is 29.9. The third-order valence-electron chi connectivity index (χ3n) is 3.41. The van der Waals surface area contributed by atoms with Crippen LogP contribution in [0.15, 0.2) is 0 Å². The molecule has 1 saturated carbocycles. The number of hydrogen-bond donors (Lipinski definition) is 2. The van der Waals surface area contributed by atoms with Crippen molar-refractivity contribution in [3.05, 3.63) is 0 Å². The monoisotopic (exact) mass is 259 g/mol. The van der Waals surface area contributed by atoms with E-state index in [-0.39, 0.29) is 10.7 Å². The number of carbonyl (C=O) groups excluding carboxylic acids is 1. The van der Waals surface area contributed by atoms with Crippen LogP contribution in [0.2, 0.25) is 0 Å². The third-order valence-corrected chi connectivity index (χ3v) is 4.83. The summed E-state index contributed by atoms with van der Waals surface area (Å²) in [5, 5.41) is 11.6. The van der Waals surface area contributed by atoms with E-state index in [4.69, 9.17) is 9.84 Å². The van der Waals surface area contributed by atoms with Crippen molar-refractivity contribution in [2.75, 3.05) is 12.8 Å². The van der Waals surface area contributed by atoms with Crippen molar-refractivity contribution in [1.82, 2.24) is 5.32 Å². The zero-order valence-corrected chi connectivity index (χ0v) is 10.6. The van der Waals surface area contributed by atoms with Gasteiger partial charge in [0, 0.05) is 11.3 Å². The summed E-state index contributed by atoms with van der Waals surface area (Å²) in [4.78, 5) is 22.4. The summed E-state index contributed by atoms with van der Waals surface area (Å²) in [6.45, 7) is 0.657. The van der Waals surface area contributed by atoms with Gasteiger partial charge in [0.1, 0.15) is 6.10 Å². The first kappa shape index (κ1) is 12.7. The van der Waals surface area contributed by atoms with Crippen LogP contribution in [-0.4, -0.2) is 46.7 Å². The van der Waals surface area contributed by atoms with Gasteiger partial charge in [0.05, 0.1) is 0 Å². The van der Waals surface area contributed by atoms with E-state index in [9.17, 15) is 9.59 Å². The molecule has 2 rings (SSSR count). The van der Waals surface area contributed by atoms with Crippen molar-refractivity contribution in [2.45, 2.75) is 42.6 Å². The summed E-state index contributed by atoms with van der Waals surface area (Å²) < 4.78 is 5.41. The number of hydrogen-bond acceptors (Lipinski definition) is 4. The molecule has 0 aromatic carbocycles. The van der Waals surface area contributed by atoms with Crippen molar-refractivity contribution in [2.24, 2.45) is 0 Å². The van der Waals surface area contributed by atoms with E-state index in [0.29, 0.717) is 19.4 Å². The van der Waals surface area contributed by atoms with E-state index in [1.54, 1.807) is 11.8 Å². The van der Waals surface area contributed by atoms with Crippen molar-refractivity contribution < 1.29 is 19.4 Å². The molecule has 1 saturated heterocycles. The highest BCUT2D eigenvalue weighted by Crippen LogP contribution is 2.46. The molecule has 0 aromatic heterocycles. The molecule has 0 radical (unpaired) electrons. The smallest absolute Gasteiger partial charge is 0.332 e. The Morgan fingerprint density at radius 1 is 1.41 bits per heavy atom. The van der Waals surface area contributed by atoms with Gasteiger partial charge in [-0.3, -0.25) is 4.79 Å². The van der Waals surface area contributed by atoms with Crippen molar-refractivity contribution >= 4 is 23.6 Å². The highest BCUT2D eigenvalue weighted by atomic mass is 32.2. The van der Waals surface area contributed by atoms with Crippen LogP contribution in [0.25, 0.3) is 0 Å². The van der Waals surface area contributed by atoms with Gasteiger partial charge in [0.2, 0.25) is 5.91 Å². The van der Waals surface area contributed by atoms with Gasteiger partial charge in [-0.05, 0) is 31.9 Å². The molecule has 2 atom stereocenters. The maximum Gasteiger partial charge on any atom is 0.332 e. The summed E-state index contributed by atoms with van der Waals surface area (Å²) in [5.74, 6) is -1.16. The third kappa shape index (κ3) is 2.93. The molecule has 1 aliphatic carbocycles. The molecule has 2 unspecified atom stereocenters. The van der Waals surface area contributed by atoms with Crippen LogP contribution >= 0.6 is 11.8 Å². The molecule has 0 aromatic rings. The van der Waals surface area contributed by atoms with Crippen LogP contribution in [0.1, 0.15) is 25.7 Å². The van der Waals surface area contributed by atoms with E-state index in [0.717, 1.165) is 12.8 Å². The Kier molecular flexibility index (Phi) is 3.63. The SMILES string of the molecule is CSC1(CNC(=O)C2CCC(C(=O)O)O2)CC1. The standard InChI is InChI=1S/C11H17NO4S/c1-17-11(4-5-11)6-12-9(13)7-2-3-8(16-7)10(14)15/h7-8H,2-6H2,1H3,(H,12,13)(H,14,15). The number of ether oxygens (including phenoxy) is 1. The van der Waals surface area contributed by atoms with Gasteiger partial charge in [-0.15, -0.1) is 0 Å². The van der Waals surface area contributed by atoms with Crippen molar-refractivity contribution in [3.8, 4) is 0 Å². The lowest BCUT2D eigenvalue weighted by atomic mass is 10.2. The molecule has 6 heteroatoms. The first-order valence-electron chi connectivity index (χ1n) is 5.77. The van der Waals surface area contributed by atoms with E-state index >= 15 is 0 Å². The van der Waals surface area contributed by atoms with Crippen LogP contribution in [0.3, 0.4) is 0 Å². The highest BCUT2D eigenvalue weighted by Gasteiger charge is 2.43. The number of carboxylic acid groups (broad SMARTS) is 1. The molecule has 0 spiro atoms. The fourth-order valence-electron chi connectivity index (χ4n) is 1.97. The van der Waals surface area contributed by atoms with Gasteiger partial charge in [-0.1, -0.05) is 0 Å². The number of thioether (sulfide) groups is 1. The molecule has 2 aliphatic rings. The van der Waals surface area contributed by atoms with Gasteiger partial charge in [0.15, 0.2) is 6.10 Å². The van der Waals surface area contributed by atoms with E-state index in [1.165, 1.54) is 0 Å². The first-order valence-corrected chi connectivity index (χ1v) is 7.00. The fraction of sp³-hybridized carbons (Fsp3) is 0.818. The van der Waals surface area contributed by atoms with Crippen molar-refractivity contribution in [1.29, 1.82) is 0 Å². The molecule has 1 aliphatic heterocycles. The Morgan fingerprint density at radius 3 is 2.53 bits per heavy atom. The maximum atomic E-state index is 11.8. The molecule has 0 bridgehead atoms. The topological polar surface area (TPSA) is 75.6 Å². The average molecular weight is 259 g/mol. The molecule has 17 heavy (non-hydrogen) atoms. The minimum Gasteiger partial charge on any atom is -0.479 e. The lowest BCUT2D eigenvalue weighted by Gasteiger charge is -2.16. The lowest BCUT2D eigenvalue weighted by Crippen LogP contribution is -2.39. The molecule has 1 amide bonds. The number of rotatable bonds is 5. The number of carboxylic acids is 1. The number of nitrogens with one attached hydrogen (secondary N) is 1. The molecule has 5 nitrogen and oxygen atoms in total. The van der Waals surface area contributed by atoms with Crippen LogP contribution in [-0.2, 0) is 14.3 Å².